The summed E-state index contributed by atoms with van der Waals surface area (Å²) >= 11 is 0. The molecule has 3 heteroatoms. The third kappa shape index (κ3) is 7.37. The summed E-state index contributed by atoms with van der Waals surface area (Å²) in [4.78, 5) is 13.8. The smallest absolute Gasteiger partial charge is 0.223 e. The zero-order chi connectivity index (χ0) is 11.5. The average Bonchev–Trinajstić information content (AvgIpc) is 2.26. The summed E-state index contributed by atoms with van der Waals surface area (Å²) in [6, 6.07) is 0. The van der Waals surface area contributed by atoms with Crippen molar-refractivity contribution in [3.63, 3.8) is 0 Å². The van der Waals surface area contributed by atoms with Gasteiger partial charge in [0.05, 0.1) is 0 Å². The van der Waals surface area contributed by atoms with Gasteiger partial charge in [-0.15, -0.1) is 0 Å². The summed E-state index contributed by atoms with van der Waals surface area (Å²) in [5, 5.41) is 3.02. The van der Waals surface area contributed by atoms with Gasteiger partial charge in [0, 0.05) is 26.1 Å². The predicted molar refractivity (Wildman–Crippen MR) is 64.9 cm³/mol. The molecule has 0 aliphatic rings. The second-order valence-corrected chi connectivity index (χ2v) is 3.94. The molecule has 0 aromatic heterocycles. The van der Waals surface area contributed by atoms with Crippen molar-refractivity contribution in [2.75, 3.05) is 26.7 Å². The highest BCUT2D eigenvalue weighted by molar-refractivity contribution is 5.76. The summed E-state index contributed by atoms with van der Waals surface area (Å²) < 4.78 is 0. The number of rotatable bonds is 9. The van der Waals surface area contributed by atoms with Crippen LogP contribution in [0.4, 0.5) is 0 Å². The molecule has 0 heterocycles. The van der Waals surface area contributed by atoms with E-state index in [0.29, 0.717) is 12.3 Å². The first-order valence-corrected chi connectivity index (χ1v) is 6.18. The van der Waals surface area contributed by atoms with Gasteiger partial charge in [-0.05, 0) is 19.9 Å². The van der Waals surface area contributed by atoms with Crippen molar-refractivity contribution in [1.29, 1.82) is 0 Å². The Morgan fingerprint density at radius 1 is 1.13 bits per heavy atom. The Balaban J connectivity index is 3.90. The monoisotopic (exact) mass is 214 g/mol. The lowest BCUT2D eigenvalue weighted by Gasteiger charge is -2.22. The van der Waals surface area contributed by atoms with Crippen LogP contribution in [0.2, 0.25) is 0 Å². The van der Waals surface area contributed by atoms with Crippen LogP contribution < -0.4 is 5.32 Å². The van der Waals surface area contributed by atoms with Crippen LogP contribution in [-0.4, -0.2) is 37.5 Å². The molecule has 0 rings (SSSR count). The lowest BCUT2D eigenvalue weighted by Crippen LogP contribution is -2.34. The Morgan fingerprint density at radius 2 is 1.67 bits per heavy atom. The minimum absolute atomic E-state index is 0.297. The number of hydrogen-bond donors (Lipinski definition) is 1. The maximum absolute atomic E-state index is 11.8. The van der Waals surface area contributed by atoms with Gasteiger partial charge in [0.2, 0.25) is 5.91 Å². The van der Waals surface area contributed by atoms with Crippen molar-refractivity contribution < 1.29 is 4.79 Å². The minimum Gasteiger partial charge on any atom is -0.343 e. The molecule has 0 bridgehead atoms. The van der Waals surface area contributed by atoms with Crippen LogP contribution >= 0.6 is 0 Å². The van der Waals surface area contributed by atoms with E-state index in [1.165, 1.54) is 0 Å². The van der Waals surface area contributed by atoms with Crippen LogP contribution in [0, 0.1) is 0 Å². The Labute approximate surface area is 94.2 Å². The molecule has 0 fully saturated rings. The number of amides is 1. The van der Waals surface area contributed by atoms with Gasteiger partial charge in [-0.2, -0.15) is 0 Å². The largest absolute Gasteiger partial charge is 0.343 e. The summed E-state index contributed by atoms with van der Waals surface area (Å²) in [7, 11) is 1.88. The molecule has 0 aromatic carbocycles. The molecule has 0 atom stereocenters. The zero-order valence-electron chi connectivity index (χ0n) is 10.5. The third-order valence-electron chi connectivity index (χ3n) is 2.50. The molecular weight excluding hydrogens is 188 g/mol. The maximum atomic E-state index is 11.8. The van der Waals surface area contributed by atoms with Crippen LogP contribution in [0.25, 0.3) is 0 Å². The van der Waals surface area contributed by atoms with Gasteiger partial charge < -0.3 is 10.2 Å². The maximum Gasteiger partial charge on any atom is 0.223 e. The fourth-order valence-corrected chi connectivity index (χ4v) is 1.45. The number of hydrogen-bond acceptors (Lipinski definition) is 2. The first-order chi connectivity index (χ1) is 7.26. The number of nitrogens with one attached hydrogen (secondary N) is 1. The number of carbonyl (C=O) groups is 1. The summed E-state index contributed by atoms with van der Waals surface area (Å²) in [6.45, 7) is 6.97. The summed E-state index contributed by atoms with van der Waals surface area (Å²) in [5.74, 6) is 0.297. The normalized spacial score (nSPS) is 10.3. The SMILES string of the molecule is CCCCN(CCCC)C(=O)CCNC. The Kier molecular flexibility index (Phi) is 9.59. The van der Waals surface area contributed by atoms with Crippen molar-refractivity contribution >= 4 is 5.91 Å². The van der Waals surface area contributed by atoms with Gasteiger partial charge >= 0.3 is 0 Å². The first kappa shape index (κ1) is 14.4. The Hall–Kier alpha value is -0.570. The second-order valence-electron chi connectivity index (χ2n) is 3.94. The lowest BCUT2D eigenvalue weighted by atomic mass is 10.2. The van der Waals surface area contributed by atoms with Gasteiger partial charge in [0.25, 0.3) is 0 Å². The molecule has 0 saturated heterocycles. The van der Waals surface area contributed by atoms with Crippen molar-refractivity contribution in [3.05, 3.63) is 0 Å². The predicted octanol–water partition coefficient (Wildman–Crippen LogP) is 2.02. The van der Waals surface area contributed by atoms with E-state index in [9.17, 15) is 4.79 Å². The van der Waals surface area contributed by atoms with Crippen molar-refractivity contribution in [2.24, 2.45) is 0 Å². The van der Waals surface area contributed by atoms with E-state index in [1.54, 1.807) is 0 Å². The van der Waals surface area contributed by atoms with Crippen LogP contribution in [0.15, 0.2) is 0 Å². The van der Waals surface area contributed by atoms with E-state index in [-0.39, 0.29) is 0 Å². The highest BCUT2D eigenvalue weighted by Crippen LogP contribution is 2.01. The molecule has 0 aromatic rings. The van der Waals surface area contributed by atoms with Crippen LogP contribution in [0.5, 0.6) is 0 Å². The molecule has 0 aliphatic heterocycles. The van der Waals surface area contributed by atoms with E-state index < -0.39 is 0 Å². The van der Waals surface area contributed by atoms with E-state index >= 15 is 0 Å². The average molecular weight is 214 g/mol. The summed E-state index contributed by atoms with van der Waals surface area (Å²) in [6.07, 6.45) is 5.18. The molecule has 0 aliphatic carbocycles. The first-order valence-electron chi connectivity index (χ1n) is 6.18. The molecule has 0 spiro atoms. The van der Waals surface area contributed by atoms with Gasteiger partial charge in [0.15, 0.2) is 0 Å². The molecular formula is C12H26N2O. The topological polar surface area (TPSA) is 32.3 Å². The molecule has 15 heavy (non-hydrogen) atoms. The van der Waals surface area contributed by atoms with Crippen LogP contribution in [0.3, 0.4) is 0 Å². The van der Waals surface area contributed by atoms with Gasteiger partial charge in [0.1, 0.15) is 0 Å². The lowest BCUT2D eigenvalue weighted by molar-refractivity contribution is -0.131. The molecule has 1 N–H and O–H groups in total. The Bertz CT molecular complexity index is 152. The van der Waals surface area contributed by atoms with E-state index in [4.69, 9.17) is 0 Å². The van der Waals surface area contributed by atoms with Crippen LogP contribution in [-0.2, 0) is 4.79 Å². The fourth-order valence-electron chi connectivity index (χ4n) is 1.45. The van der Waals surface area contributed by atoms with Gasteiger partial charge in [-0.25, -0.2) is 0 Å². The molecule has 1 amide bonds. The highest BCUT2D eigenvalue weighted by atomic mass is 16.2. The highest BCUT2D eigenvalue weighted by Gasteiger charge is 2.11. The van der Waals surface area contributed by atoms with Crippen molar-refractivity contribution in [3.8, 4) is 0 Å². The third-order valence-corrected chi connectivity index (χ3v) is 2.50. The fraction of sp³-hybridized carbons (Fsp3) is 0.917. The number of carbonyl (C=O) groups excluding carboxylic acids is 1. The molecule has 0 radical (unpaired) electrons. The van der Waals surface area contributed by atoms with E-state index in [0.717, 1.165) is 45.3 Å². The minimum atomic E-state index is 0.297. The van der Waals surface area contributed by atoms with Gasteiger partial charge in [-0.1, -0.05) is 26.7 Å². The molecule has 0 saturated carbocycles. The number of unbranched alkanes of at least 4 members (excludes halogenated alkanes) is 2. The molecule has 0 unspecified atom stereocenters. The van der Waals surface area contributed by atoms with E-state index in [1.807, 2.05) is 11.9 Å². The molecule has 3 nitrogen and oxygen atoms in total. The van der Waals surface area contributed by atoms with E-state index in [2.05, 4.69) is 19.2 Å². The number of nitrogens with zero attached hydrogens (tertiary/aromatic N) is 1. The molecule has 90 valence electrons. The van der Waals surface area contributed by atoms with Crippen molar-refractivity contribution in [2.45, 2.75) is 46.0 Å². The van der Waals surface area contributed by atoms with Crippen molar-refractivity contribution in [1.82, 2.24) is 10.2 Å². The zero-order valence-corrected chi connectivity index (χ0v) is 10.5. The van der Waals surface area contributed by atoms with Gasteiger partial charge in [-0.3, -0.25) is 4.79 Å². The summed E-state index contributed by atoms with van der Waals surface area (Å²) in [5.41, 5.74) is 0. The quantitative estimate of drug-likeness (QED) is 0.637. The Morgan fingerprint density at radius 3 is 2.07 bits per heavy atom. The van der Waals surface area contributed by atoms with Crippen LogP contribution in [0.1, 0.15) is 46.0 Å². The second kappa shape index (κ2) is 9.97. The standard InChI is InChI=1S/C12H26N2O/c1-4-6-10-14(11-7-5-2)12(15)8-9-13-3/h13H,4-11H2,1-3H3.